The van der Waals surface area contributed by atoms with E-state index in [9.17, 15) is 28.1 Å². The standard InChI is InChI=1S/C27H28F3N5O4S/c1-17-2-8-21(9-3-17)39-32-20-6-4-18(5-7-20)16-33-10-12-34(13-11-33)26-31-25(36)22-14-19(27(28,29)30)15-23(35(37)38)24(22)40-26/h2-3,8-9,14-15,18H,4-7,10-13,16H2,1H3. The molecule has 0 spiro atoms. The van der Waals surface area contributed by atoms with E-state index in [0.29, 0.717) is 31.1 Å². The molecule has 0 amide bonds. The number of alkyl halides is 3. The minimum absolute atomic E-state index is 0.0959. The third-order valence-corrected chi connectivity index (χ3v) is 8.52. The van der Waals surface area contributed by atoms with Gasteiger partial charge in [0.2, 0.25) is 0 Å². The van der Waals surface area contributed by atoms with Crippen molar-refractivity contribution in [3.8, 4) is 5.75 Å². The van der Waals surface area contributed by atoms with Crippen LogP contribution in [0.2, 0.25) is 0 Å². The van der Waals surface area contributed by atoms with Crippen LogP contribution >= 0.6 is 11.3 Å². The summed E-state index contributed by atoms with van der Waals surface area (Å²) in [6, 6.07) is 8.90. The minimum atomic E-state index is -4.81. The number of hydrogen-bond donors (Lipinski definition) is 0. The Balaban J connectivity index is 1.18. The van der Waals surface area contributed by atoms with Crippen molar-refractivity contribution in [3.05, 3.63) is 68.0 Å². The molecule has 5 rings (SSSR count). The Morgan fingerprint density at radius 2 is 1.80 bits per heavy atom. The van der Waals surface area contributed by atoms with Crippen LogP contribution in [0.4, 0.5) is 24.0 Å². The lowest BCUT2D eigenvalue weighted by atomic mass is 9.87. The molecule has 1 aromatic heterocycles. The van der Waals surface area contributed by atoms with Crippen LogP contribution in [0.15, 0.2) is 46.3 Å². The molecule has 2 heterocycles. The van der Waals surface area contributed by atoms with Gasteiger partial charge in [-0.05, 0) is 56.7 Å². The molecule has 40 heavy (non-hydrogen) atoms. The van der Waals surface area contributed by atoms with Gasteiger partial charge >= 0.3 is 6.18 Å². The summed E-state index contributed by atoms with van der Waals surface area (Å²) in [6.45, 7) is 5.53. The molecular formula is C27H28F3N5O4S. The van der Waals surface area contributed by atoms with Gasteiger partial charge in [-0.3, -0.25) is 19.8 Å². The van der Waals surface area contributed by atoms with E-state index < -0.39 is 33.3 Å². The molecule has 0 bridgehead atoms. The SMILES string of the molecule is Cc1ccc(ON=C2CCC(CN3CCN(c4nc(=O)c5cc(C(F)(F)F)cc([N+](=O)[O-])c5s4)CC3)CC2)cc1. The number of oxime groups is 1. The van der Waals surface area contributed by atoms with Crippen molar-refractivity contribution in [2.24, 2.45) is 11.1 Å². The van der Waals surface area contributed by atoms with E-state index in [1.165, 1.54) is 0 Å². The molecule has 0 atom stereocenters. The smallest absolute Gasteiger partial charge is 0.357 e. The van der Waals surface area contributed by atoms with Gasteiger partial charge in [0.25, 0.3) is 11.2 Å². The number of aromatic nitrogens is 1. The van der Waals surface area contributed by atoms with Crippen LogP contribution in [0.1, 0.15) is 36.8 Å². The maximum atomic E-state index is 13.2. The quantitative estimate of drug-likeness (QED) is 0.277. The van der Waals surface area contributed by atoms with Crippen molar-refractivity contribution in [3.63, 3.8) is 0 Å². The molecule has 1 saturated heterocycles. The minimum Gasteiger partial charge on any atom is -0.357 e. The first-order chi connectivity index (χ1) is 19.1. The van der Waals surface area contributed by atoms with Gasteiger partial charge in [0.05, 0.1) is 21.6 Å². The van der Waals surface area contributed by atoms with Crippen molar-refractivity contribution in [1.82, 2.24) is 9.88 Å². The Morgan fingerprint density at radius 3 is 2.42 bits per heavy atom. The number of nitro benzene ring substituents is 1. The summed E-state index contributed by atoms with van der Waals surface area (Å²) in [5.74, 6) is 1.26. The lowest BCUT2D eigenvalue weighted by Crippen LogP contribution is -2.48. The van der Waals surface area contributed by atoms with Gasteiger partial charge in [0, 0.05) is 38.8 Å². The van der Waals surface area contributed by atoms with E-state index in [-0.39, 0.29) is 9.83 Å². The third kappa shape index (κ3) is 6.41. The maximum absolute atomic E-state index is 13.2. The Hall–Kier alpha value is -3.58. The van der Waals surface area contributed by atoms with E-state index in [0.717, 1.165) is 73.7 Å². The summed E-state index contributed by atoms with van der Waals surface area (Å²) in [4.78, 5) is 37.1. The Kier molecular flexibility index (Phi) is 8.04. The number of non-ortho nitro benzene ring substituents is 1. The van der Waals surface area contributed by atoms with Crippen molar-refractivity contribution in [2.75, 3.05) is 37.6 Å². The van der Waals surface area contributed by atoms with Crippen LogP contribution in [-0.4, -0.2) is 53.2 Å². The van der Waals surface area contributed by atoms with Crippen molar-refractivity contribution < 1.29 is 22.9 Å². The first kappa shape index (κ1) is 28.0. The molecule has 1 aliphatic heterocycles. The van der Waals surface area contributed by atoms with Crippen LogP contribution in [0.5, 0.6) is 5.75 Å². The Morgan fingerprint density at radius 1 is 1.12 bits per heavy atom. The van der Waals surface area contributed by atoms with Crippen LogP contribution in [0.3, 0.4) is 0 Å². The van der Waals surface area contributed by atoms with E-state index in [1.807, 2.05) is 36.1 Å². The van der Waals surface area contributed by atoms with Gasteiger partial charge in [0.1, 0.15) is 4.70 Å². The number of benzene rings is 2. The lowest BCUT2D eigenvalue weighted by molar-refractivity contribution is -0.383. The van der Waals surface area contributed by atoms with Crippen LogP contribution in [0, 0.1) is 23.0 Å². The topological polar surface area (TPSA) is 101 Å². The predicted molar refractivity (Wildman–Crippen MR) is 147 cm³/mol. The predicted octanol–water partition coefficient (Wildman–Crippen LogP) is 5.64. The molecule has 2 fully saturated rings. The zero-order valence-corrected chi connectivity index (χ0v) is 22.6. The van der Waals surface area contributed by atoms with Gasteiger partial charge in [-0.1, -0.05) is 34.2 Å². The summed E-state index contributed by atoms with van der Waals surface area (Å²) >= 11 is 0.885. The van der Waals surface area contributed by atoms with E-state index >= 15 is 0 Å². The number of nitro groups is 1. The fourth-order valence-electron chi connectivity index (χ4n) is 5.06. The summed E-state index contributed by atoms with van der Waals surface area (Å²) in [7, 11) is 0. The van der Waals surface area contributed by atoms with Gasteiger partial charge in [-0.2, -0.15) is 18.2 Å². The number of aryl methyl sites for hydroxylation is 1. The van der Waals surface area contributed by atoms with E-state index in [4.69, 9.17) is 4.84 Å². The molecule has 2 aromatic carbocycles. The average Bonchev–Trinajstić information content (AvgIpc) is 2.93. The number of rotatable bonds is 6. The highest BCUT2D eigenvalue weighted by molar-refractivity contribution is 7.22. The number of halogens is 3. The maximum Gasteiger partial charge on any atom is 0.416 e. The second-order valence-corrected chi connectivity index (χ2v) is 11.2. The number of fused-ring (bicyclic) bond motifs is 1. The molecule has 2 aliphatic rings. The highest BCUT2D eigenvalue weighted by atomic mass is 32.1. The number of nitrogens with zero attached hydrogens (tertiary/aromatic N) is 5. The van der Waals surface area contributed by atoms with Crippen molar-refractivity contribution >= 4 is 38.0 Å². The molecule has 1 saturated carbocycles. The van der Waals surface area contributed by atoms with Gasteiger partial charge in [-0.25, -0.2) is 0 Å². The van der Waals surface area contributed by atoms with Gasteiger partial charge < -0.3 is 9.74 Å². The molecule has 0 unspecified atom stereocenters. The number of piperazine rings is 1. The highest BCUT2D eigenvalue weighted by Gasteiger charge is 2.34. The summed E-state index contributed by atoms with van der Waals surface area (Å²) in [5, 5.41) is 15.8. The number of anilines is 1. The van der Waals surface area contributed by atoms with Crippen molar-refractivity contribution in [1.29, 1.82) is 0 Å². The summed E-state index contributed by atoms with van der Waals surface area (Å²) in [5.41, 5.74) is -0.642. The molecule has 13 heteroatoms. The monoisotopic (exact) mass is 575 g/mol. The lowest BCUT2D eigenvalue weighted by Gasteiger charge is -2.37. The zero-order valence-electron chi connectivity index (χ0n) is 21.8. The zero-order chi connectivity index (χ0) is 28.4. The fourth-order valence-corrected chi connectivity index (χ4v) is 6.18. The number of hydrogen-bond acceptors (Lipinski definition) is 9. The molecule has 0 radical (unpaired) electrons. The molecule has 1 aliphatic carbocycles. The van der Waals surface area contributed by atoms with E-state index in [1.54, 1.807) is 0 Å². The molecule has 0 N–H and O–H groups in total. The molecule has 212 valence electrons. The molecule has 3 aromatic rings. The highest BCUT2D eigenvalue weighted by Crippen LogP contribution is 2.38. The average molecular weight is 576 g/mol. The third-order valence-electron chi connectivity index (χ3n) is 7.36. The largest absolute Gasteiger partial charge is 0.416 e. The van der Waals surface area contributed by atoms with Crippen LogP contribution in [-0.2, 0) is 6.18 Å². The summed E-state index contributed by atoms with van der Waals surface area (Å²) < 4.78 is 39.6. The normalized spacial score (nSPS) is 18.6. The van der Waals surface area contributed by atoms with Gasteiger partial charge in [0.15, 0.2) is 10.9 Å². The second-order valence-electron chi connectivity index (χ2n) is 10.2. The molecule has 9 nitrogen and oxygen atoms in total. The van der Waals surface area contributed by atoms with Gasteiger partial charge in [-0.15, -0.1) is 0 Å². The first-order valence-electron chi connectivity index (χ1n) is 13.0. The molecular weight excluding hydrogens is 547 g/mol. The Labute approximate surface area is 232 Å². The first-order valence-corrected chi connectivity index (χ1v) is 13.9. The van der Waals surface area contributed by atoms with E-state index in [2.05, 4.69) is 15.0 Å². The summed E-state index contributed by atoms with van der Waals surface area (Å²) in [6.07, 6.45) is -0.991. The second kappa shape index (κ2) is 11.5. The van der Waals surface area contributed by atoms with Crippen molar-refractivity contribution in [2.45, 2.75) is 38.8 Å². The van der Waals surface area contributed by atoms with Crippen LogP contribution < -0.4 is 15.3 Å². The van der Waals surface area contributed by atoms with Crippen LogP contribution in [0.25, 0.3) is 10.1 Å². The fraction of sp³-hybridized carbons (Fsp3) is 0.444. The Bertz CT molecular complexity index is 1470.